The van der Waals surface area contributed by atoms with Crippen LogP contribution in [0.4, 0.5) is 11.4 Å². The normalized spacial score (nSPS) is 10.3. The van der Waals surface area contributed by atoms with E-state index in [2.05, 4.69) is 20.6 Å². The lowest BCUT2D eigenvalue weighted by atomic mass is 10.0. The predicted molar refractivity (Wildman–Crippen MR) is 120 cm³/mol. The first-order valence-corrected chi connectivity index (χ1v) is 9.78. The summed E-state index contributed by atoms with van der Waals surface area (Å²) < 4.78 is 0. The second-order valence-corrected chi connectivity index (χ2v) is 6.96. The van der Waals surface area contributed by atoms with Crippen molar-refractivity contribution in [1.82, 2.24) is 9.97 Å². The maximum absolute atomic E-state index is 12.3. The molecule has 152 valence electrons. The van der Waals surface area contributed by atoms with Crippen molar-refractivity contribution in [3.63, 3.8) is 0 Å². The van der Waals surface area contributed by atoms with Crippen molar-refractivity contribution >= 4 is 23.2 Å². The van der Waals surface area contributed by atoms with E-state index in [0.29, 0.717) is 28.9 Å². The minimum Gasteiger partial charge on any atom is -0.321 e. The number of aromatic nitrogens is 2. The summed E-state index contributed by atoms with van der Waals surface area (Å²) in [6.45, 7) is 0. The zero-order valence-electron chi connectivity index (χ0n) is 16.7. The van der Waals surface area contributed by atoms with Crippen LogP contribution in [-0.2, 0) is 6.42 Å². The van der Waals surface area contributed by atoms with Gasteiger partial charge in [-0.2, -0.15) is 0 Å². The van der Waals surface area contributed by atoms with Crippen LogP contribution in [0.5, 0.6) is 0 Å². The van der Waals surface area contributed by atoms with Crippen molar-refractivity contribution in [3.05, 3.63) is 120 Å². The molecule has 0 aliphatic rings. The van der Waals surface area contributed by atoms with Gasteiger partial charge in [0.2, 0.25) is 0 Å². The number of amides is 2. The third-order valence-electron chi connectivity index (χ3n) is 4.68. The molecule has 2 heterocycles. The molecule has 6 nitrogen and oxygen atoms in total. The predicted octanol–water partition coefficient (Wildman–Crippen LogP) is 4.57. The standard InChI is InChI=1S/C25H20N4O2/c30-24(28-22-3-1-13-26-16-22)20-9-5-18(6-10-20)15-19-7-11-21(12-8-19)25(31)29-23-4-2-14-27-17-23/h1-14,16-17H,15H2,(H,28,30)(H,29,31). The molecule has 0 saturated heterocycles. The molecule has 2 amide bonds. The maximum Gasteiger partial charge on any atom is 0.255 e. The molecule has 0 saturated carbocycles. The molecule has 6 heteroatoms. The number of carbonyl (C=O) groups excluding carboxylic acids is 2. The summed E-state index contributed by atoms with van der Waals surface area (Å²) in [6.07, 6.45) is 7.23. The number of rotatable bonds is 6. The van der Waals surface area contributed by atoms with E-state index in [9.17, 15) is 9.59 Å². The zero-order valence-corrected chi connectivity index (χ0v) is 16.7. The molecule has 2 aromatic heterocycles. The van der Waals surface area contributed by atoms with E-state index in [1.165, 1.54) is 0 Å². The molecule has 31 heavy (non-hydrogen) atoms. The third-order valence-corrected chi connectivity index (χ3v) is 4.68. The lowest BCUT2D eigenvalue weighted by molar-refractivity contribution is 0.101. The van der Waals surface area contributed by atoms with Crippen molar-refractivity contribution in [2.45, 2.75) is 6.42 Å². The Morgan fingerprint density at radius 2 is 1.03 bits per heavy atom. The molecule has 0 aliphatic carbocycles. The highest BCUT2D eigenvalue weighted by Crippen LogP contribution is 2.14. The van der Waals surface area contributed by atoms with E-state index in [0.717, 1.165) is 11.1 Å². The van der Waals surface area contributed by atoms with Crippen LogP contribution < -0.4 is 10.6 Å². The fraction of sp³-hybridized carbons (Fsp3) is 0.0400. The number of nitrogens with zero attached hydrogens (tertiary/aromatic N) is 2. The summed E-state index contributed by atoms with van der Waals surface area (Å²) >= 11 is 0. The Hall–Kier alpha value is -4.32. The molecular formula is C25H20N4O2. The van der Waals surface area contributed by atoms with E-state index >= 15 is 0 Å². The van der Waals surface area contributed by atoms with Crippen LogP contribution >= 0.6 is 0 Å². The number of anilines is 2. The number of carbonyl (C=O) groups is 2. The summed E-state index contributed by atoms with van der Waals surface area (Å²) in [4.78, 5) is 32.6. The van der Waals surface area contributed by atoms with Gasteiger partial charge in [0, 0.05) is 23.5 Å². The van der Waals surface area contributed by atoms with Gasteiger partial charge in [-0.15, -0.1) is 0 Å². The van der Waals surface area contributed by atoms with Crippen molar-refractivity contribution in [2.75, 3.05) is 10.6 Å². The van der Waals surface area contributed by atoms with E-state index in [-0.39, 0.29) is 11.8 Å². The van der Waals surface area contributed by atoms with Crippen LogP contribution in [0.25, 0.3) is 0 Å². The smallest absolute Gasteiger partial charge is 0.255 e. The molecule has 4 aromatic rings. The summed E-state index contributed by atoms with van der Waals surface area (Å²) in [6, 6.07) is 22.1. The minimum absolute atomic E-state index is 0.177. The molecule has 0 bridgehead atoms. The van der Waals surface area contributed by atoms with Crippen LogP contribution in [-0.4, -0.2) is 21.8 Å². The van der Waals surface area contributed by atoms with E-state index in [1.54, 1.807) is 73.3 Å². The van der Waals surface area contributed by atoms with Crippen LogP contribution in [0.2, 0.25) is 0 Å². The topological polar surface area (TPSA) is 84.0 Å². The molecule has 0 spiro atoms. The molecular weight excluding hydrogens is 388 g/mol. The van der Waals surface area contributed by atoms with Crippen LogP contribution in [0.3, 0.4) is 0 Å². The third kappa shape index (κ3) is 5.39. The minimum atomic E-state index is -0.177. The van der Waals surface area contributed by atoms with Gasteiger partial charge in [-0.25, -0.2) is 0 Å². The lowest BCUT2D eigenvalue weighted by Crippen LogP contribution is -2.12. The quantitative estimate of drug-likeness (QED) is 0.489. The fourth-order valence-electron chi connectivity index (χ4n) is 3.06. The molecule has 0 atom stereocenters. The highest BCUT2D eigenvalue weighted by atomic mass is 16.2. The lowest BCUT2D eigenvalue weighted by Gasteiger charge is -2.08. The van der Waals surface area contributed by atoms with Gasteiger partial charge in [-0.05, 0) is 66.1 Å². The first-order chi connectivity index (χ1) is 15.2. The van der Waals surface area contributed by atoms with Crippen LogP contribution in [0.1, 0.15) is 31.8 Å². The molecule has 0 fully saturated rings. The number of nitrogens with one attached hydrogen (secondary N) is 2. The molecule has 2 aromatic carbocycles. The molecule has 0 aliphatic heterocycles. The highest BCUT2D eigenvalue weighted by molar-refractivity contribution is 6.04. The Morgan fingerprint density at radius 3 is 1.39 bits per heavy atom. The average Bonchev–Trinajstić information content (AvgIpc) is 2.81. The summed E-state index contributed by atoms with van der Waals surface area (Å²) in [5.74, 6) is -0.355. The number of benzene rings is 2. The fourth-order valence-corrected chi connectivity index (χ4v) is 3.06. The van der Waals surface area contributed by atoms with Gasteiger partial charge in [0.15, 0.2) is 0 Å². The number of hydrogen-bond acceptors (Lipinski definition) is 4. The second-order valence-electron chi connectivity index (χ2n) is 6.96. The average molecular weight is 408 g/mol. The van der Waals surface area contributed by atoms with Crippen LogP contribution in [0.15, 0.2) is 97.6 Å². The van der Waals surface area contributed by atoms with Gasteiger partial charge in [0.1, 0.15) is 0 Å². The largest absolute Gasteiger partial charge is 0.321 e. The highest BCUT2D eigenvalue weighted by Gasteiger charge is 2.08. The van der Waals surface area contributed by atoms with E-state index in [1.807, 2.05) is 24.3 Å². The SMILES string of the molecule is O=C(Nc1cccnc1)c1ccc(Cc2ccc(C(=O)Nc3cccnc3)cc2)cc1. The Bertz CT molecular complexity index is 1060. The van der Waals surface area contributed by atoms with Gasteiger partial charge >= 0.3 is 0 Å². The van der Waals surface area contributed by atoms with Crippen molar-refractivity contribution < 1.29 is 9.59 Å². The van der Waals surface area contributed by atoms with Crippen molar-refractivity contribution in [1.29, 1.82) is 0 Å². The Balaban J connectivity index is 1.36. The maximum atomic E-state index is 12.3. The Labute approximate surface area is 180 Å². The second kappa shape index (κ2) is 9.45. The number of hydrogen-bond donors (Lipinski definition) is 2. The van der Waals surface area contributed by atoms with Gasteiger partial charge in [-0.3, -0.25) is 19.6 Å². The van der Waals surface area contributed by atoms with Crippen molar-refractivity contribution in [3.8, 4) is 0 Å². The monoisotopic (exact) mass is 408 g/mol. The molecule has 0 unspecified atom stereocenters. The molecule has 4 rings (SSSR count). The van der Waals surface area contributed by atoms with Gasteiger partial charge in [0.05, 0.1) is 23.8 Å². The van der Waals surface area contributed by atoms with E-state index < -0.39 is 0 Å². The zero-order chi connectivity index (χ0) is 21.5. The van der Waals surface area contributed by atoms with Gasteiger partial charge in [0.25, 0.3) is 11.8 Å². The van der Waals surface area contributed by atoms with Gasteiger partial charge < -0.3 is 10.6 Å². The Morgan fingerprint density at radius 1 is 0.613 bits per heavy atom. The Kier molecular flexibility index (Phi) is 6.09. The van der Waals surface area contributed by atoms with Crippen LogP contribution in [0, 0.1) is 0 Å². The van der Waals surface area contributed by atoms with E-state index in [4.69, 9.17) is 0 Å². The summed E-state index contributed by atoms with van der Waals surface area (Å²) in [5, 5.41) is 5.64. The summed E-state index contributed by atoms with van der Waals surface area (Å²) in [5.41, 5.74) is 4.62. The number of pyridine rings is 2. The van der Waals surface area contributed by atoms with Gasteiger partial charge in [-0.1, -0.05) is 24.3 Å². The van der Waals surface area contributed by atoms with Crippen molar-refractivity contribution in [2.24, 2.45) is 0 Å². The first-order valence-electron chi connectivity index (χ1n) is 9.78. The molecule has 2 N–H and O–H groups in total. The molecule has 0 radical (unpaired) electrons. The first kappa shape index (κ1) is 20.0. The summed E-state index contributed by atoms with van der Waals surface area (Å²) in [7, 11) is 0.